The maximum Gasteiger partial charge on any atom is 0.315 e. The number of benzene rings is 1. The van der Waals surface area contributed by atoms with Crippen molar-refractivity contribution in [1.82, 2.24) is 10.6 Å². The summed E-state index contributed by atoms with van der Waals surface area (Å²) in [6.45, 7) is 2.93. The molecule has 3 N–H and O–H groups in total. The molecule has 1 fully saturated rings. The molecule has 1 aromatic rings. The van der Waals surface area contributed by atoms with Crippen molar-refractivity contribution in [1.29, 1.82) is 0 Å². The van der Waals surface area contributed by atoms with E-state index in [1.54, 1.807) is 0 Å². The smallest absolute Gasteiger partial charge is 0.315 e. The van der Waals surface area contributed by atoms with Gasteiger partial charge in [-0.25, -0.2) is 13.6 Å². The van der Waals surface area contributed by atoms with Crippen molar-refractivity contribution in [3.05, 3.63) is 35.4 Å². The SMILES string of the molecule is CCCC(NC(=O)NCC1(O)CCOCC1)c1ccc(F)cc1F. The van der Waals surface area contributed by atoms with Crippen molar-refractivity contribution in [2.75, 3.05) is 19.8 Å². The largest absolute Gasteiger partial charge is 0.388 e. The second-order valence-corrected chi connectivity index (χ2v) is 6.17. The molecule has 5 nitrogen and oxygen atoms in total. The molecule has 1 aliphatic heterocycles. The predicted octanol–water partition coefficient (Wildman–Crippen LogP) is 2.65. The first-order chi connectivity index (χ1) is 11.4. The van der Waals surface area contributed by atoms with Gasteiger partial charge in [0.2, 0.25) is 0 Å². The van der Waals surface area contributed by atoms with Gasteiger partial charge >= 0.3 is 6.03 Å². The molecule has 1 atom stereocenters. The molecule has 134 valence electrons. The van der Waals surface area contributed by atoms with Crippen LogP contribution in [-0.2, 0) is 4.74 Å². The van der Waals surface area contributed by atoms with Gasteiger partial charge in [0.25, 0.3) is 0 Å². The number of urea groups is 1. The number of carbonyl (C=O) groups is 1. The highest BCUT2D eigenvalue weighted by atomic mass is 19.1. The van der Waals surface area contributed by atoms with Crippen LogP contribution in [0.3, 0.4) is 0 Å². The number of ether oxygens (including phenoxy) is 1. The summed E-state index contributed by atoms with van der Waals surface area (Å²) in [6, 6.07) is 2.28. The first-order valence-corrected chi connectivity index (χ1v) is 8.23. The molecule has 1 aromatic carbocycles. The third-order valence-corrected chi connectivity index (χ3v) is 4.22. The molecule has 0 saturated carbocycles. The molecular weight excluding hydrogens is 318 g/mol. The fraction of sp³-hybridized carbons (Fsp3) is 0.588. The zero-order valence-corrected chi connectivity index (χ0v) is 13.8. The Morgan fingerprint density at radius 1 is 1.38 bits per heavy atom. The van der Waals surface area contributed by atoms with E-state index in [-0.39, 0.29) is 12.1 Å². The molecule has 1 unspecified atom stereocenters. The first kappa shape index (κ1) is 18.6. The minimum Gasteiger partial charge on any atom is -0.388 e. The van der Waals surface area contributed by atoms with Crippen molar-refractivity contribution < 1.29 is 23.4 Å². The Bertz CT molecular complexity index is 563. The van der Waals surface area contributed by atoms with E-state index in [0.717, 1.165) is 12.5 Å². The minimum atomic E-state index is -0.975. The van der Waals surface area contributed by atoms with Crippen LogP contribution in [0.2, 0.25) is 0 Å². The Labute approximate surface area is 140 Å². The molecule has 1 heterocycles. The lowest BCUT2D eigenvalue weighted by atomic mass is 9.94. The Hall–Kier alpha value is -1.73. The molecule has 24 heavy (non-hydrogen) atoms. The number of nitrogens with one attached hydrogen (secondary N) is 2. The van der Waals surface area contributed by atoms with Crippen LogP contribution in [-0.4, -0.2) is 36.5 Å². The standard InChI is InChI=1S/C17H24F2N2O3/c1-2-3-15(13-5-4-12(18)10-14(13)19)21-16(22)20-11-17(23)6-8-24-9-7-17/h4-5,10,15,23H,2-3,6-9,11H2,1H3,(H2,20,21,22). The van der Waals surface area contributed by atoms with Crippen molar-refractivity contribution >= 4 is 6.03 Å². The summed E-state index contributed by atoms with van der Waals surface area (Å²) in [5.41, 5.74) is -0.727. The summed E-state index contributed by atoms with van der Waals surface area (Å²) in [4.78, 5) is 12.1. The molecule has 1 saturated heterocycles. The van der Waals surface area contributed by atoms with Crippen LogP contribution in [0.4, 0.5) is 13.6 Å². The highest BCUT2D eigenvalue weighted by molar-refractivity contribution is 5.74. The van der Waals surface area contributed by atoms with Crippen LogP contribution in [0.1, 0.15) is 44.2 Å². The van der Waals surface area contributed by atoms with E-state index in [2.05, 4.69) is 10.6 Å². The molecule has 0 aliphatic carbocycles. The van der Waals surface area contributed by atoms with Crippen molar-refractivity contribution in [2.24, 2.45) is 0 Å². The molecular formula is C17H24F2N2O3. The average molecular weight is 342 g/mol. The van der Waals surface area contributed by atoms with Crippen molar-refractivity contribution in [3.63, 3.8) is 0 Å². The summed E-state index contributed by atoms with van der Waals surface area (Å²) in [5.74, 6) is -1.34. The normalized spacial score (nSPS) is 18.0. The highest BCUT2D eigenvalue weighted by Crippen LogP contribution is 2.23. The molecule has 2 amide bonds. The highest BCUT2D eigenvalue weighted by Gasteiger charge is 2.30. The molecule has 1 aliphatic rings. The van der Waals surface area contributed by atoms with Crippen LogP contribution in [0.15, 0.2) is 18.2 Å². The lowest BCUT2D eigenvalue weighted by Crippen LogP contribution is -2.49. The van der Waals surface area contributed by atoms with E-state index in [9.17, 15) is 18.7 Å². The van der Waals surface area contributed by atoms with Crippen molar-refractivity contribution in [3.8, 4) is 0 Å². The maximum atomic E-state index is 13.9. The number of halogens is 2. The second-order valence-electron chi connectivity index (χ2n) is 6.17. The number of aliphatic hydroxyl groups is 1. The second kappa shape index (κ2) is 8.39. The van der Waals surface area contributed by atoms with Crippen LogP contribution in [0, 0.1) is 11.6 Å². The van der Waals surface area contributed by atoms with Gasteiger partial charge in [0.1, 0.15) is 11.6 Å². The quantitative estimate of drug-likeness (QED) is 0.744. The van der Waals surface area contributed by atoms with Gasteiger partial charge in [-0.3, -0.25) is 0 Å². The van der Waals surface area contributed by atoms with Gasteiger partial charge in [0.15, 0.2) is 0 Å². The van der Waals surface area contributed by atoms with Gasteiger partial charge in [0.05, 0.1) is 11.6 Å². The van der Waals surface area contributed by atoms with Gasteiger partial charge in [-0.15, -0.1) is 0 Å². The van der Waals surface area contributed by atoms with Crippen LogP contribution < -0.4 is 10.6 Å². The van der Waals surface area contributed by atoms with Crippen LogP contribution >= 0.6 is 0 Å². The summed E-state index contributed by atoms with van der Waals surface area (Å²) >= 11 is 0. The van der Waals surface area contributed by atoms with Crippen molar-refractivity contribution in [2.45, 2.75) is 44.2 Å². The molecule has 0 spiro atoms. The van der Waals surface area contributed by atoms with Gasteiger partial charge in [-0.2, -0.15) is 0 Å². The number of amides is 2. The number of hydrogen-bond donors (Lipinski definition) is 3. The maximum absolute atomic E-state index is 13.9. The topological polar surface area (TPSA) is 70.6 Å². The van der Waals surface area contributed by atoms with E-state index in [1.807, 2.05) is 6.92 Å². The van der Waals surface area contributed by atoms with Gasteiger partial charge in [-0.05, 0) is 12.5 Å². The number of rotatable bonds is 6. The zero-order chi connectivity index (χ0) is 17.6. The van der Waals surface area contributed by atoms with E-state index in [1.165, 1.54) is 12.1 Å². The van der Waals surface area contributed by atoms with Gasteiger partial charge < -0.3 is 20.5 Å². The predicted molar refractivity (Wildman–Crippen MR) is 85.5 cm³/mol. The lowest BCUT2D eigenvalue weighted by molar-refractivity contribution is -0.0600. The monoisotopic (exact) mass is 342 g/mol. The molecule has 7 heteroatoms. The minimum absolute atomic E-state index is 0.104. The fourth-order valence-electron chi connectivity index (χ4n) is 2.76. The average Bonchev–Trinajstić information content (AvgIpc) is 2.54. The Morgan fingerprint density at radius 2 is 2.08 bits per heavy atom. The Morgan fingerprint density at radius 3 is 2.71 bits per heavy atom. The molecule has 0 radical (unpaired) electrons. The Kier molecular flexibility index (Phi) is 6.51. The van der Waals surface area contributed by atoms with E-state index >= 15 is 0 Å². The zero-order valence-electron chi connectivity index (χ0n) is 13.8. The molecule has 2 rings (SSSR count). The van der Waals surface area contributed by atoms with E-state index in [0.29, 0.717) is 32.5 Å². The third kappa shape index (κ3) is 5.14. The van der Waals surface area contributed by atoms with Crippen LogP contribution in [0.25, 0.3) is 0 Å². The van der Waals surface area contributed by atoms with Gasteiger partial charge in [0, 0.05) is 44.2 Å². The van der Waals surface area contributed by atoms with Gasteiger partial charge in [-0.1, -0.05) is 19.4 Å². The number of hydrogen-bond acceptors (Lipinski definition) is 3. The van der Waals surface area contributed by atoms with E-state index in [4.69, 9.17) is 4.74 Å². The fourth-order valence-corrected chi connectivity index (χ4v) is 2.76. The summed E-state index contributed by atoms with van der Waals surface area (Å²) in [6.07, 6.45) is 2.16. The van der Waals surface area contributed by atoms with E-state index < -0.39 is 29.3 Å². The molecule has 0 aromatic heterocycles. The first-order valence-electron chi connectivity index (χ1n) is 8.23. The molecule has 0 bridgehead atoms. The summed E-state index contributed by atoms with van der Waals surface area (Å²) < 4.78 is 32.2. The summed E-state index contributed by atoms with van der Waals surface area (Å²) in [5, 5.41) is 15.7. The lowest BCUT2D eigenvalue weighted by Gasteiger charge is -2.32. The third-order valence-electron chi connectivity index (χ3n) is 4.22. The number of carbonyl (C=O) groups excluding carboxylic acids is 1. The summed E-state index contributed by atoms with van der Waals surface area (Å²) in [7, 11) is 0. The Balaban J connectivity index is 1.95. The van der Waals surface area contributed by atoms with Crippen LogP contribution in [0.5, 0.6) is 0 Å².